The van der Waals surface area contributed by atoms with E-state index < -0.39 is 0 Å². The van der Waals surface area contributed by atoms with Gasteiger partial charge in [-0.15, -0.1) is 0 Å². The number of nitrogens with zero attached hydrogens (tertiary/aromatic N) is 4. The monoisotopic (exact) mass is 358 g/mol. The molecule has 0 amide bonds. The van der Waals surface area contributed by atoms with Crippen LogP contribution >= 0.6 is 0 Å². The Hall–Kier alpha value is -1.89. The molecule has 0 unspecified atom stereocenters. The number of ether oxygens (including phenoxy) is 1. The number of aromatic nitrogens is 2. The first-order valence-electron chi connectivity index (χ1n) is 9.39. The van der Waals surface area contributed by atoms with E-state index in [9.17, 15) is 5.11 Å². The average Bonchev–Trinajstić information content (AvgIpc) is 2.91. The van der Waals surface area contributed by atoms with Gasteiger partial charge in [0.2, 0.25) is 0 Å². The second-order valence-electron chi connectivity index (χ2n) is 7.23. The van der Waals surface area contributed by atoms with Crippen LogP contribution in [-0.2, 0) is 26.2 Å². The van der Waals surface area contributed by atoms with Crippen molar-refractivity contribution in [2.75, 3.05) is 33.8 Å². The van der Waals surface area contributed by atoms with E-state index in [1.54, 1.807) is 0 Å². The fourth-order valence-corrected chi connectivity index (χ4v) is 3.36. The smallest absolute Gasteiger partial charge is 0.119 e. The first-order chi connectivity index (χ1) is 12.6. The topological polar surface area (TPSA) is 53.8 Å². The molecule has 142 valence electrons. The van der Waals surface area contributed by atoms with Crippen molar-refractivity contribution in [2.45, 2.75) is 39.1 Å². The van der Waals surface area contributed by atoms with Crippen molar-refractivity contribution >= 4 is 0 Å². The van der Waals surface area contributed by atoms with Crippen LogP contribution in [0.2, 0.25) is 0 Å². The molecule has 0 radical (unpaired) electrons. The minimum atomic E-state index is 0.00715. The number of aliphatic hydroxyl groups is 1. The fourth-order valence-electron chi connectivity index (χ4n) is 3.36. The molecule has 0 atom stereocenters. The summed E-state index contributed by atoms with van der Waals surface area (Å²) in [5, 5.41) is 13.8. The van der Waals surface area contributed by atoms with Gasteiger partial charge < -0.3 is 14.7 Å². The zero-order chi connectivity index (χ0) is 18.4. The van der Waals surface area contributed by atoms with Crippen molar-refractivity contribution in [3.05, 3.63) is 47.3 Å². The molecular formula is C20H30N4O2. The van der Waals surface area contributed by atoms with E-state index in [4.69, 9.17) is 4.74 Å². The number of hydrogen-bond acceptors (Lipinski definition) is 5. The van der Waals surface area contributed by atoms with Crippen molar-refractivity contribution < 1.29 is 9.84 Å². The second kappa shape index (κ2) is 9.16. The minimum Gasteiger partial charge on any atom is -0.494 e. The Kier molecular flexibility index (Phi) is 6.66. The second-order valence-corrected chi connectivity index (χ2v) is 7.23. The number of benzene rings is 1. The molecule has 1 aromatic heterocycles. The lowest BCUT2D eigenvalue weighted by atomic mass is 10.2. The molecule has 0 bridgehead atoms. The van der Waals surface area contributed by atoms with Crippen LogP contribution in [-0.4, -0.2) is 58.5 Å². The van der Waals surface area contributed by atoms with Crippen LogP contribution in [0.5, 0.6) is 5.75 Å². The van der Waals surface area contributed by atoms with Crippen LogP contribution in [0.15, 0.2) is 30.3 Å². The molecule has 6 nitrogen and oxygen atoms in total. The summed E-state index contributed by atoms with van der Waals surface area (Å²) >= 11 is 0. The lowest BCUT2D eigenvalue weighted by Gasteiger charge is -2.20. The average molecular weight is 358 g/mol. The molecule has 1 N–H and O–H groups in total. The third-order valence-corrected chi connectivity index (χ3v) is 4.63. The summed E-state index contributed by atoms with van der Waals surface area (Å²) in [5.74, 6) is 0.948. The van der Waals surface area contributed by atoms with Gasteiger partial charge in [-0.05, 0) is 50.7 Å². The van der Waals surface area contributed by atoms with Gasteiger partial charge in [0, 0.05) is 32.7 Å². The normalized spacial score (nSPS) is 15.1. The Bertz CT molecular complexity index is 699. The molecular weight excluding hydrogens is 328 g/mol. The summed E-state index contributed by atoms with van der Waals surface area (Å²) in [7, 11) is 4.16. The highest BCUT2D eigenvalue weighted by atomic mass is 16.5. The molecule has 2 aromatic rings. The van der Waals surface area contributed by atoms with Gasteiger partial charge >= 0.3 is 0 Å². The maximum absolute atomic E-state index is 9.30. The van der Waals surface area contributed by atoms with Crippen molar-refractivity contribution in [1.29, 1.82) is 0 Å². The minimum absolute atomic E-state index is 0.00715. The van der Waals surface area contributed by atoms with Gasteiger partial charge in [0.15, 0.2) is 0 Å². The third kappa shape index (κ3) is 5.30. The molecule has 2 heterocycles. The molecule has 0 saturated heterocycles. The Labute approximate surface area is 156 Å². The summed E-state index contributed by atoms with van der Waals surface area (Å²) in [4.78, 5) is 4.61. The predicted molar refractivity (Wildman–Crippen MR) is 102 cm³/mol. The van der Waals surface area contributed by atoms with E-state index in [-0.39, 0.29) is 6.61 Å². The van der Waals surface area contributed by atoms with Crippen LogP contribution in [0.25, 0.3) is 0 Å². The van der Waals surface area contributed by atoms with Crippen LogP contribution < -0.4 is 4.74 Å². The summed E-state index contributed by atoms with van der Waals surface area (Å²) in [6, 6.07) is 10.4. The first kappa shape index (κ1) is 18.9. The fraction of sp³-hybridized carbons (Fsp3) is 0.550. The highest BCUT2D eigenvalue weighted by Crippen LogP contribution is 2.19. The lowest BCUT2D eigenvalue weighted by Crippen LogP contribution is -2.22. The Morgan fingerprint density at radius 1 is 1.23 bits per heavy atom. The van der Waals surface area contributed by atoms with Crippen LogP contribution in [0, 0.1) is 0 Å². The van der Waals surface area contributed by atoms with E-state index in [2.05, 4.69) is 47.2 Å². The van der Waals surface area contributed by atoms with E-state index in [0.717, 1.165) is 63.6 Å². The standard InChI is InChI=1S/C20H30N4O2/c1-22(2)8-5-11-26-20-7-3-6-17(12-20)14-23-9-4-10-24-19(15-23)13-18(16-25)21-24/h3,6-7,12-13,25H,4-5,8-11,14-16H2,1-2H3. The molecule has 1 aromatic carbocycles. The van der Waals surface area contributed by atoms with Gasteiger partial charge in [-0.1, -0.05) is 12.1 Å². The number of aliphatic hydroxyl groups excluding tert-OH is 1. The zero-order valence-corrected chi connectivity index (χ0v) is 15.9. The highest BCUT2D eigenvalue weighted by Gasteiger charge is 2.16. The summed E-state index contributed by atoms with van der Waals surface area (Å²) in [6.07, 6.45) is 2.10. The van der Waals surface area contributed by atoms with Crippen molar-refractivity contribution in [3.63, 3.8) is 0 Å². The van der Waals surface area contributed by atoms with E-state index >= 15 is 0 Å². The van der Waals surface area contributed by atoms with Crippen LogP contribution in [0.1, 0.15) is 29.8 Å². The van der Waals surface area contributed by atoms with Crippen LogP contribution in [0.3, 0.4) is 0 Å². The molecule has 0 spiro atoms. The van der Waals surface area contributed by atoms with Gasteiger partial charge in [-0.3, -0.25) is 9.58 Å². The molecule has 26 heavy (non-hydrogen) atoms. The van der Waals surface area contributed by atoms with Crippen molar-refractivity contribution in [3.8, 4) is 5.75 Å². The molecule has 0 saturated carbocycles. The van der Waals surface area contributed by atoms with Crippen molar-refractivity contribution in [1.82, 2.24) is 19.6 Å². The van der Waals surface area contributed by atoms with E-state index in [0.29, 0.717) is 0 Å². The van der Waals surface area contributed by atoms with E-state index in [1.807, 2.05) is 16.8 Å². The summed E-state index contributed by atoms with van der Waals surface area (Å²) in [6.45, 7) is 5.51. The molecule has 0 aliphatic carbocycles. The number of hydrogen-bond donors (Lipinski definition) is 1. The molecule has 0 fully saturated rings. The SMILES string of the molecule is CN(C)CCCOc1cccc(CN2CCCn3nc(CO)cc3C2)c1. The number of fused-ring (bicyclic) bond motifs is 1. The third-order valence-electron chi connectivity index (χ3n) is 4.63. The van der Waals surface area contributed by atoms with Gasteiger partial charge in [0.05, 0.1) is 24.6 Å². The van der Waals surface area contributed by atoms with Gasteiger partial charge in [-0.2, -0.15) is 5.10 Å². The van der Waals surface area contributed by atoms with E-state index in [1.165, 1.54) is 11.3 Å². The Morgan fingerprint density at radius 3 is 2.92 bits per heavy atom. The summed E-state index contributed by atoms with van der Waals surface area (Å²) < 4.78 is 7.94. The van der Waals surface area contributed by atoms with Crippen LogP contribution in [0.4, 0.5) is 0 Å². The van der Waals surface area contributed by atoms with Crippen molar-refractivity contribution in [2.24, 2.45) is 0 Å². The van der Waals surface area contributed by atoms with Gasteiger partial charge in [-0.25, -0.2) is 0 Å². The first-order valence-corrected chi connectivity index (χ1v) is 9.39. The highest BCUT2D eigenvalue weighted by molar-refractivity contribution is 5.28. The summed E-state index contributed by atoms with van der Waals surface area (Å²) in [5.41, 5.74) is 3.21. The Balaban J connectivity index is 1.57. The molecule has 3 rings (SSSR count). The lowest BCUT2D eigenvalue weighted by molar-refractivity contribution is 0.258. The Morgan fingerprint density at radius 2 is 2.12 bits per heavy atom. The number of rotatable bonds is 8. The quantitative estimate of drug-likeness (QED) is 0.733. The predicted octanol–water partition coefficient (Wildman–Crippen LogP) is 2.11. The molecule has 1 aliphatic rings. The maximum Gasteiger partial charge on any atom is 0.119 e. The van der Waals surface area contributed by atoms with Gasteiger partial charge in [0.1, 0.15) is 5.75 Å². The zero-order valence-electron chi connectivity index (χ0n) is 15.9. The number of aryl methyl sites for hydroxylation is 1. The molecule has 6 heteroatoms. The maximum atomic E-state index is 9.30. The van der Waals surface area contributed by atoms with Gasteiger partial charge in [0.25, 0.3) is 0 Å². The molecule has 1 aliphatic heterocycles. The largest absolute Gasteiger partial charge is 0.494 e.